The Hall–Kier alpha value is -2.78. The van der Waals surface area contributed by atoms with Crippen LogP contribution in [0.15, 0.2) is 46.9 Å². The molecule has 0 bridgehead atoms. The second-order valence-corrected chi connectivity index (χ2v) is 11.4. The Balaban J connectivity index is 1.59. The lowest BCUT2D eigenvalue weighted by Crippen LogP contribution is -2.31. The summed E-state index contributed by atoms with van der Waals surface area (Å²) in [5, 5.41) is 4.21. The number of fused-ring (bicyclic) bond motifs is 1. The van der Waals surface area contributed by atoms with Gasteiger partial charge in [-0.15, -0.1) is 0 Å². The maximum atomic E-state index is 14.0. The molecule has 214 valence electrons. The zero-order chi connectivity index (χ0) is 28.8. The molecule has 0 radical (unpaired) electrons. The highest BCUT2D eigenvalue weighted by atomic mass is 79.9. The van der Waals surface area contributed by atoms with Crippen LogP contribution < -0.4 is 10.2 Å². The van der Waals surface area contributed by atoms with Gasteiger partial charge in [0.15, 0.2) is 0 Å². The number of carbonyl (C=O) groups is 2. The lowest BCUT2D eigenvalue weighted by atomic mass is 9.93. The van der Waals surface area contributed by atoms with Gasteiger partial charge in [-0.25, -0.2) is 13.8 Å². The summed E-state index contributed by atoms with van der Waals surface area (Å²) in [7, 11) is 0. The van der Waals surface area contributed by atoms with Crippen LogP contribution in [0.1, 0.15) is 66.4 Å². The molecule has 1 fully saturated rings. The van der Waals surface area contributed by atoms with E-state index in [-0.39, 0.29) is 37.8 Å². The van der Waals surface area contributed by atoms with Crippen LogP contribution >= 0.6 is 27.5 Å². The first-order chi connectivity index (χ1) is 19.2. The number of esters is 1. The minimum absolute atomic E-state index is 0.0242. The van der Waals surface area contributed by atoms with Crippen LogP contribution in [-0.2, 0) is 9.53 Å². The third kappa shape index (κ3) is 7.29. The van der Waals surface area contributed by atoms with Gasteiger partial charge in [-0.05, 0) is 56.0 Å². The molecule has 40 heavy (non-hydrogen) atoms. The Bertz CT molecular complexity index is 1380. The van der Waals surface area contributed by atoms with Crippen molar-refractivity contribution < 1.29 is 23.1 Å². The second kappa shape index (κ2) is 13.7. The molecular weight excluding hydrogens is 604 g/mol. The van der Waals surface area contributed by atoms with Crippen LogP contribution in [0, 0.1) is 6.92 Å². The number of rotatable bonds is 11. The quantitative estimate of drug-likeness (QED) is 0.222. The third-order valence-electron chi connectivity index (χ3n) is 7.15. The lowest BCUT2D eigenvalue weighted by molar-refractivity contribution is -0.158. The number of carbonyl (C=O) groups excluding carboxylic acids is 2. The topological polar surface area (TPSA) is 71.5 Å². The number of ether oxygens (including phenoxy) is 1. The fraction of sp³-hybridized carbons (Fsp3) is 0.433. The molecule has 0 saturated carbocycles. The first kappa shape index (κ1) is 30.2. The van der Waals surface area contributed by atoms with Crippen molar-refractivity contribution >= 4 is 56.1 Å². The van der Waals surface area contributed by atoms with Gasteiger partial charge < -0.3 is 15.0 Å². The molecule has 0 aliphatic carbocycles. The number of nitrogens with zero attached hydrogens (tertiary/aromatic N) is 2. The molecule has 3 atom stereocenters. The van der Waals surface area contributed by atoms with Gasteiger partial charge in [-0.3, -0.25) is 9.59 Å². The highest BCUT2D eigenvalue weighted by molar-refractivity contribution is 9.10. The van der Waals surface area contributed by atoms with E-state index in [1.54, 1.807) is 12.1 Å². The number of halogens is 4. The lowest BCUT2D eigenvalue weighted by Gasteiger charge is -2.23. The van der Waals surface area contributed by atoms with E-state index in [1.807, 2.05) is 49.1 Å². The summed E-state index contributed by atoms with van der Waals surface area (Å²) in [6.07, 6.45) is -1.14. The molecular formula is C30H33BrClF2N3O3. The van der Waals surface area contributed by atoms with Gasteiger partial charge in [-0.2, -0.15) is 0 Å². The molecule has 1 aliphatic heterocycles. The van der Waals surface area contributed by atoms with Crippen molar-refractivity contribution in [1.82, 2.24) is 10.3 Å². The van der Waals surface area contributed by atoms with Crippen molar-refractivity contribution in [3.63, 3.8) is 0 Å². The average molecular weight is 637 g/mol. The van der Waals surface area contributed by atoms with Crippen molar-refractivity contribution in [1.29, 1.82) is 0 Å². The van der Waals surface area contributed by atoms with E-state index in [1.165, 1.54) is 0 Å². The first-order valence-electron chi connectivity index (χ1n) is 13.5. The molecule has 3 aromatic rings. The summed E-state index contributed by atoms with van der Waals surface area (Å²) in [6, 6.07) is 12.8. The van der Waals surface area contributed by atoms with E-state index in [4.69, 9.17) is 21.3 Å². The zero-order valence-corrected chi connectivity index (χ0v) is 24.9. The summed E-state index contributed by atoms with van der Waals surface area (Å²) in [6.45, 7) is 4.59. The smallest absolute Gasteiger partial charge is 0.308 e. The number of hydrogen-bond acceptors (Lipinski definition) is 5. The van der Waals surface area contributed by atoms with Crippen molar-refractivity contribution in [3.8, 4) is 0 Å². The van der Waals surface area contributed by atoms with E-state index >= 15 is 0 Å². The van der Waals surface area contributed by atoms with E-state index in [0.29, 0.717) is 58.7 Å². The maximum absolute atomic E-state index is 14.0. The minimum atomic E-state index is -1.63. The average Bonchev–Trinajstić information content (AvgIpc) is 3.34. The van der Waals surface area contributed by atoms with Crippen LogP contribution in [0.5, 0.6) is 0 Å². The Morgan fingerprint density at radius 1 is 1.25 bits per heavy atom. The number of pyridine rings is 1. The van der Waals surface area contributed by atoms with E-state index in [0.717, 1.165) is 10.0 Å². The van der Waals surface area contributed by atoms with Crippen molar-refractivity contribution in [2.45, 2.75) is 64.4 Å². The zero-order valence-electron chi connectivity index (χ0n) is 22.6. The molecule has 0 spiro atoms. The monoisotopic (exact) mass is 635 g/mol. The van der Waals surface area contributed by atoms with Crippen LogP contribution in [0.25, 0.3) is 10.9 Å². The highest BCUT2D eigenvalue weighted by Gasteiger charge is 2.28. The number of alkyl halides is 2. The van der Waals surface area contributed by atoms with E-state index in [9.17, 15) is 18.4 Å². The predicted molar refractivity (Wildman–Crippen MR) is 158 cm³/mol. The molecule has 1 aromatic heterocycles. The van der Waals surface area contributed by atoms with Gasteiger partial charge in [0.2, 0.25) is 6.36 Å². The maximum Gasteiger partial charge on any atom is 0.308 e. The largest absolute Gasteiger partial charge is 0.431 e. The van der Waals surface area contributed by atoms with Crippen LogP contribution in [0.2, 0.25) is 5.02 Å². The number of anilines is 1. The van der Waals surface area contributed by atoms with E-state index in [2.05, 4.69) is 21.2 Å². The third-order valence-corrected chi connectivity index (χ3v) is 7.99. The van der Waals surface area contributed by atoms with Crippen LogP contribution in [0.4, 0.5) is 14.6 Å². The Morgan fingerprint density at radius 2 is 2.02 bits per heavy atom. The van der Waals surface area contributed by atoms with Gasteiger partial charge in [0.25, 0.3) is 5.91 Å². The molecule has 1 saturated heterocycles. The normalized spacial score (nSPS) is 16.6. The van der Waals surface area contributed by atoms with Crippen molar-refractivity contribution in [2.75, 3.05) is 24.5 Å². The summed E-state index contributed by atoms with van der Waals surface area (Å²) < 4.78 is 33.5. The van der Waals surface area contributed by atoms with Crippen LogP contribution in [0.3, 0.4) is 0 Å². The first-order valence-corrected chi connectivity index (χ1v) is 14.7. The molecule has 1 N–H and O–H groups in total. The second-order valence-electron chi connectivity index (χ2n) is 10.1. The van der Waals surface area contributed by atoms with Gasteiger partial charge in [-0.1, -0.05) is 52.7 Å². The number of hydrogen-bond donors (Lipinski definition) is 1. The Kier molecular flexibility index (Phi) is 10.4. The summed E-state index contributed by atoms with van der Waals surface area (Å²) >= 11 is 9.97. The fourth-order valence-corrected chi connectivity index (χ4v) is 5.74. The molecule has 2 heterocycles. The molecule has 6 nitrogen and oxygen atoms in total. The fourth-order valence-electron chi connectivity index (χ4n) is 5.09. The van der Waals surface area contributed by atoms with Crippen molar-refractivity contribution in [3.05, 3.63) is 68.7 Å². The van der Waals surface area contributed by atoms with Crippen molar-refractivity contribution in [2.24, 2.45) is 0 Å². The number of amides is 1. The minimum Gasteiger partial charge on any atom is -0.431 e. The molecule has 1 aliphatic rings. The molecule has 10 heteroatoms. The highest BCUT2D eigenvalue weighted by Crippen LogP contribution is 2.33. The standard InChI is InChI=1S/C30H33BrClF2N3O3/c1-3-6-26(34)40-27(38)12-9-19(22-7-4-5-8-24(22)32)16-35-30(39)28-18(2)29(37-14-13-21(33)17-37)36-25-11-10-20(31)15-23(25)28/h4-5,7-8,10-11,15,19,21,26H,3,6,9,12-14,16-17H2,1-2H3,(H,35,39)/t19?,21-,26?/m0/s1. The predicted octanol–water partition coefficient (Wildman–Crippen LogP) is 7.44. The number of aromatic nitrogens is 1. The Labute approximate surface area is 246 Å². The van der Waals surface area contributed by atoms with Gasteiger partial charge in [0, 0.05) is 52.3 Å². The van der Waals surface area contributed by atoms with Gasteiger partial charge in [0.1, 0.15) is 12.0 Å². The van der Waals surface area contributed by atoms with E-state index < -0.39 is 18.5 Å². The summed E-state index contributed by atoms with van der Waals surface area (Å²) in [5.74, 6) is -0.670. The number of benzene rings is 2. The van der Waals surface area contributed by atoms with Crippen LogP contribution in [-0.4, -0.2) is 49.0 Å². The van der Waals surface area contributed by atoms with Gasteiger partial charge in [0.05, 0.1) is 17.6 Å². The number of nitrogens with one attached hydrogen (secondary N) is 1. The molecule has 1 amide bonds. The summed E-state index contributed by atoms with van der Waals surface area (Å²) in [5.41, 5.74) is 2.53. The molecule has 4 rings (SSSR count). The summed E-state index contributed by atoms with van der Waals surface area (Å²) in [4.78, 5) is 32.7. The molecule has 2 aromatic carbocycles. The SMILES string of the molecule is CCCC(F)OC(=O)CCC(CNC(=O)c1c(C)c(N2CC[C@H](F)C2)nc2ccc(Br)cc12)c1ccccc1Cl. The van der Waals surface area contributed by atoms with Gasteiger partial charge >= 0.3 is 5.97 Å². The Morgan fingerprint density at radius 3 is 2.73 bits per heavy atom. The molecule has 2 unspecified atom stereocenters.